The smallest absolute Gasteiger partial charge is 0.123 e. The second-order valence-corrected chi connectivity index (χ2v) is 9.63. The van der Waals surface area contributed by atoms with E-state index in [0.29, 0.717) is 5.75 Å². The van der Waals surface area contributed by atoms with Gasteiger partial charge >= 0.3 is 0 Å². The highest BCUT2D eigenvalue weighted by Gasteiger charge is 2.33. The van der Waals surface area contributed by atoms with Crippen LogP contribution in [0.15, 0.2) is 12.1 Å². The molecule has 0 atom stereocenters. The zero-order valence-corrected chi connectivity index (χ0v) is 16.8. The number of rotatable bonds is 4. The van der Waals surface area contributed by atoms with Crippen molar-refractivity contribution < 1.29 is 9.84 Å². The summed E-state index contributed by atoms with van der Waals surface area (Å²) >= 11 is 0. The third-order valence-electron chi connectivity index (χ3n) is 5.60. The van der Waals surface area contributed by atoms with Gasteiger partial charge in [0.15, 0.2) is 0 Å². The molecule has 0 saturated heterocycles. The normalized spacial score (nSPS) is 18.1. The van der Waals surface area contributed by atoms with Crippen LogP contribution < -0.4 is 0 Å². The molecule has 1 aliphatic carbocycles. The van der Waals surface area contributed by atoms with Crippen LogP contribution in [0, 0.1) is 0 Å². The SMILES string of the molecule is COC1(CCc2cc(C(C)(C)C)c(O)c(C(C)(C)C)c2)CCCC1. The van der Waals surface area contributed by atoms with Gasteiger partial charge in [0.1, 0.15) is 5.75 Å². The highest BCUT2D eigenvalue weighted by atomic mass is 16.5. The van der Waals surface area contributed by atoms with E-state index in [0.717, 1.165) is 24.0 Å². The lowest BCUT2D eigenvalue weighted by Crippen LogP contribution is -2.28. The minimum Gasteiger partial charge on any atom is -0.507 e. The minimum absolute atomic E-state index is 0.0631. The van der Waals surface area contributed by atoms with Gasteiger partial charge in [-0.1, -0.05) is 66.5 Å². The molecule has 2 heteroatoms. The van der Waals surface area contributed by atoms with E-state index < -0.39 is 0 Å². The van der Waals surface area contributed by atoms with Crippen molar-refractivity contribution in [2.24, 2.45) is 0 Å². The molecule has 0 unspecified atom stereocenters. The molecule has 136 valence electrons. The highest BCUT2D eigenvalue weighted by molar-refractivity contribution is 5.50. The van der Waals surface area contributed by atoms with Crippen molar-refractivity contribution in [3.05, 3.63) is 28.8 Å². The van der Waals surface area contributed by atoms with Crippen molar-refractivity contribution >= 4 is 0 Å². The minimum atomic E-state index is -0.0631. The van der Waals surface area contributed by atoms with Gasteiger partial charge in [-0.2, -0.15) is 0 Å². The molecule has 0 aromatic heterocycles. The number of benzene rings is 1. The molecule has 0 spiro atoms. The van der Waals surface area contributed by atoms with Gasteiger partial charge in [-0.15, -0.1) is 0 Å². The van der Waals surface area contributed by atoms with E-state index in [1.165, 1.54) is 31.2 Å². The van der Waals surface area contributed by atoms with Gasteiger partial charge in [-0.05, 0) is 53.2 Å². The van der Waals surface area contributed by atoms with E-state index in [2.05, 4.69) is 53.7 Å². The Morgan fingerprint density at radius 2 is 1.42 bits per heavy atom. The first-order chi connectivity index (χ1) is 11.0. The number of phenols is 1. The zero-order chi connectivity index (χ0) is 18.2. The summed E-state index contributed by atoms with van der Waals surface area (Å²) in [6.07, 6.45) is 7.01. The number of hydrogen-bond donors (Lipinski definition) is 1. The Hall–Kier alpha value is -1.02. The topological polar surface area (TPSA) is 29.5 Å². The Labute approximate surface area is 148 Å². The summed E-state index contributed by atoms with van der Waals surface area (Å²) in [7, 11) is 1.86. The lowest BCUT2D eigenvalue weighted by atomic mass is 9.77. The number of aromatic hydroxyl groups is 1. The quantitative estimate of drug-likeness (QED) is 0.746. The van der Waals surface area contributed by atoms with E-state index in [-0.39, 0.29) is 16.4 Å². The summed E-state index contributed by atoms with van der Waals surface area (Å²) in [5.74, 6) is 0.473. The third kappa shape index (κ3) is 4.14. The maximum absolute atomic E-state index is 10.8. The lowest BCUT2D eigenvalue weighted by Gasteiger charge is -2.30. The summed E-state index contributed by atoms with van der Waals surface area (Å²) in [5.41, 5.74) is 3.39. The van der Waals surface area contributed by atoms with Crippen LogP contribution in [0.5, 0.6) is 5.75 Å². The van der Waals surface area contributed by atoms with Gasteiger partial charge in [0.25, 0.3) is 0 Å². The molecule has 1 N–H and O–H groups in total. The fraction of sp³-hybridized carbons (Fsp3) is 0.727. The molecular weight excluding hydrogens is 296 g/mol. The molecule has 1 saturated carbocycles. The predicted molar refractivity (Wildman–Crippen MR) is 102 cm³/mol. The summed E-state index contributed by atoms with van der Waals surface area (Å²) in [6.45, 7) is 13.0. The van der Waals surface area contributed by atoms with Gasteiger partial charge in [-0.3, -0.25) is 0 Å². The Balaban J connectivity index is 2.36. The van der Waals surface area contributed by atoms with E-state index in [1.54, 1.807) is 0 Å². The fourth-order valence-corrected chi connectivity index (χ4v) is 3.93. The average Bonchev–Trinajstić information content (AvgIpc) is 2.93. The molecule has 1 aromatic carbocycles. The van der Waals surface area contributed by atoms with Crippen molar-refractivity contribution in [3.8, 4) is 5.75 Å². The van der Waals surface area contributed by atoms with Crippen LogP contribution >= 0.6 is 0 Å². The predicted octanol–water partition coefficient (Wildman–Crippen LogP) is 5.88. The molecule has 2 nitrogen and oxygen atoms in total. The Kier molecular flexibility index (Phi) is 5.40. The monoisotopic (exact) mass is 332 g/mol. The summed E-state index contributed by atoms with van der Waals surface area (Å²) in [6, 6.07) is 4.42. The Morgan fingerprint density at radius 3 is 1.79 bits per heavy atom. The molecular formula is C22H36O2. The van der Waals surface area contributed by atoms with Crippen LogP contribution in [0.4, 0.5) is 0 Å². The lowest BCUT2D eigenvalue weighted by molar-refractivity contribution is -0.0109. The van der Waals surface area contributed by atoms with Gasteiger partial charge in [0, 0.05) is 7.11 Å². The molecule has 1 aromatic rings. The van der Waals surface area contributed by atoms with E-state index in [1.807, 2.05) is 7.11 Å². The Bertz CT molecular complexity index is 532. The van der Waals surface area contributed by atoms with E-state index in [9.17, 15) is 5.11 Å². The number of aryl methyl sites for hydroxylation is 1. The standard InChI is InChI=1S/C22H36O2/c1-20(2,3)17-14-16(15-18(19(17)23)21(4,5)6)10-13-22(24-7)11-8-9-12-22/h14-15,23H,8-13H2,1-7H3. The molecule has 1 aliphatic rings. The first kappa shape index (κ1) is 19.3. The number of methoxy groups -OCH3 is 1. The van der Waals surface area contributed by atoms with Crippen LogP contribution in [-0.2, 0) is 22.0 Å². The van der Waals surface area contributed by atoms with Crippen molar-refractivity contribution in [2.75, 3.05) is 7.11 Å². The van der Waals surface area contributed by atoms with Crippen LogP contribution in [0.2, 0.25) is 0 Å². The van der Waals surface area contributed by atoms with Crippen LogP contribution in [0.3, 0.4) is 0 Å². The maximum Gasteiger partial charge on any atom is 0.123 e. The van der Waals surface area contributed by atoms with Gasteiger partial charge in [-0.25, -0.2) is 0 Å². The molecule has 0 aliphatic heterocycles. The zero-order valence-electron chi connectivity index (χ0n) is 16.8. The molecule has 0 heterocycles. The molecule has 1 fully saturated rings. The first-order valence-corrected chi connectivity index (χ1v) is 9.40. The van der Waals surface area contributed by atoms with Crippen molar-refractivity contribution in [3.63, 3.8) is 0 Å². The number of phenolic OH excluding ortho intramolecular Hbond substituents is 1. The van der Waals surface area contributed by atoms with Crippen molar-refractivity contribution in [1.29, 1.82) is 0 Å². The van der Waals surface area contributed by atoms with E-state index in [4.69, 9.17) is 4.74 Å². The fourth-order valence-electron chi connectivity index (χ4n) is 3.93. The van der Waals surface area contributed by atoms with Crippen LogP contribution in [-0.4, -0.2) is 17.8 Å². The average molecular weight is 333 g/mol. The molecule has 0 amide bonds. The number of hydrogen-bond acceptors (Lipinski definition) is 2. The molecule has 0 radical (unpaired) electrons. The highest BCUT2D eigenvalue weighted by Crippen LogP contribution is 2.41. The van der Waals surface area contributed by atoms with Crippen molar-refractivity contribution in [1.82, 2.24) is 0 Å². The van der Waals surface area contributed by atoms with Crippen LogP contribution in [0.25, 0.3) is 0 Å². The van der Waals surface area contributed by atoms with Crippen molar-refractivity contribution in [2.45, 2.75) is 96.5 Å². The Morgan fingerprint density at radius 1 is 0.958 bits per heavy atom. The van der Waals surface area contributed by atoms with Gasteiger partial charge < -0.3 is 9.84 Å². The molecule has 2 rings (SSSR count). The largest absolute Gasteiger partial charge is 0.507 e. The first-order valence-electron chi connectivity index (χ1n) is 9.40. The van der Waals surface area contributed by atoms with Gasteiger partial charge in [0.05, 0.1) is 5.60 Å². The second-order valence-electron chi connectivity index (χ2n) is 9.63. The third-order valence-corrected chi connectivity index (χ3v) is 5.60. The van der Waals surface area contributed by atoms with Gasteiger partial charge in [0.2, 0.25) is 0 Å². The number of ether oxygens (including phenoxy) is 1. The summed E-state index contributed by atoms with van der Waals surface area (Å²) in [4.78, 5) is 0. The molecule has 24 heavy (non-hydrogen) atoms. The second kappa shape index (κ2) is 6.71. The molecule has 0 bridgehead atoms. The maximum atomic E-state index is 10.8. The van der Waals surface area contributed by atoms with Crippen LogP contribution in [0.1, 0.15) is 90.3 Å². The summed E-state index contributed by atoms with van der Waals surface area (Å²) < 4.78 is 5.89. The summed E-state index contributed by atoms with van der Waals surface area (Å²) in [5, 5.41) is 10.8. The van der Waals surface area contributed by atoms with E-state index >= 15 is 0 Å².